The highest BCUT2D eigenvalue weighted by molar-refractivity contribution is 7.75. The van der Waals surface area contributed by atoms with Gasteiger partial charge in [0.05, 0.1) is 0 Å². The van der Waals surface area contributed by atoms with Crippen molar-refractivity contribution in [1.82, 2.24) is 28.0 Å². The highest BCUT2D eigenvalue weighted by Crippen LogP contribution is 2.73. The Labute approximate surface area is 138 Å². The van der Waals surface area contributed by atoms with Gasteiger partial charge in [0.15, 0.2) is 0 Å². The minimum absolute atomic E-state index is 0. The fraction of sp³-hybridized carbons (Fsp3) is 1.00. The fourth-order valence-electron chi connectivity index (χ4n) is 2.79. The van der Waals surface area contributed by atoms with Gasteiger partial charge < -0.3 is 5.48 Å². The van der Waals surface area contributed by atoms with E-state index in [1.54, 1.807) is 0 Å². The maximum absolute atomic E-state index is 5.51. The van der Waals surface area contributed by atoms with Gasteiger partial charge in [-0.1, -0.05) is 0 Å². The molecule has 1 N–H and O–H groups in total. The Kier molecular flexibility index (Phi) is 10.1. The van der Waals surface area contributed by atoms with E-state index >= 15 is 0 Å². The molecule has 0 fully saturated rings. The number of rotatable bonds is 7. The van der Waals surface area contributed by atoms with Gasteiger partial charge in [-0.2, -0.15) is 0 Å². The lowest BCUT2D eigenvalue weighted by molar-refractivity contribution is 0.448. The van der Waals surface area contributed by atoms with Crippen molar-refractivity contribution >= 4 is 15.4 Å². The SMILES string of the molecule is CN(C)P(=N[P+](N(C)C)(N(C)C)N(C)C)(N(C)C)N(C)C.[OH-]. The molecule has 0 aliphatic carbocycles. The lowest BCUT2D eigenvalue weighted by Crippen LogP contribution is -2.37. The summed E-state index contributed by atoms with van der Waals surface area (Å²) in [6.45, 7) is 0. The molecule has 0 spiro atoms. The quantitative estimate of drug-likeness (QED) is 0.644. The van der Waals surface area contributed by atoms with Crippen LogP contribution >= 0.6 is 15.4 Å². The molecule has 0 aromatic heterocycles. The Bertz CT molecular complexity index is 333. The standard InChI is InChI=1S/C12H36N7P2.H2O/c1-14(2)20(15(3)4,16(5)6)13-21(17(7)8,18(9)10)19(11)12;/h1-12H3;1H2/q+1;/p-1. The average Bonchev–Trinajstić information content (AvgIpc) is 2.26. The highest BCUT2D eigenvalue weighted by atomic mass is 31.2. The third-order valence-electron chi connectivity index (χ3n) is 3.46. The molecule has 0 saturated carbocycles. The van der Waals surface area contributed by atoms with Gasteiger partial charge in [0.1, 0.15) is 0 Å². The molecule has 0 aliphatic rings. The minimum Gasteiger partial charge on any atom is -0.870 e. The van der Waals surface area contributed by atoms with Crippen molar-refractivity contribution in [2.24, 2.45) is 4.52 Å². The van der Waals surface area contributed by atoms with Gasteiger partial charge in [0, 0.05) is 42.3 Å². The van der Waals surface area contributed by atoms with Gasteiger partial charge in [-0.05, 0) is 46.8 Å². The Hall–Kier alpha value is 0.380. The van der Waals surface area contributed by atoms with E-state index in [0.717, 1.165) is 0 Å². The Morgan fingerprint density at radius 1 is 0.545 bits per heavy atom. The second-order valence-electron chi connectivity index (χ2n) is 6.25. The van der Waals surface area contributed by atoms with Gasteiger partial charge in [-0.25, -0.2) is 14.0 Å². The van der Waals surface area contributed by atoms with Crippen molar-refractivity contribution in [1.29, 1.82) is 0 Å². The van der Waals surface area contributed by atoms with Gasteiger partial charge in [-0.15, -0.1) is 14.0 Å². The smallest absolute Gasteiger partial charge is 0.355 e. The van der Waals surface area contributed by atoms with Crippen LogP contribution in [-0.4, -0.2) is 118 Å². The van der Waals surface area contributed by atoms with E-state index < -0.39 is 15.4 Å². The Balaban J connectivity index is 0. The maximum atomic E-state index is 5.51. The zero-order valence-electron chi connectivity index (χ0n) is 16.5. The second-order valence-corrected chi connectivity index (χ2v) is 13.9. The first-order valence-electron chi connectivity index (χ1n) is 6.97. The van der Waals surface area contributed by atoms with E-state index in [2.05, 4.69) is 113 Å². The van der Waals surface area contributed by atoms with E-state index in [1.807, 2.05) is 0 Å². The summed E-state index contributed by atoms with van der Waals surface area (Å²) in [7, 11) is 21.5. The van der Waals surface area contributed by atoms with E-state index in [9.17, 15) is 0 Å². The van der Waals surface area contributed by atoms with E-state index in [0.29, 0.717) is 0 Å². The predicted octanol–water partition coefficient (Wildman–Crippen LogP) is 1.80. The third kappa shape index (κ3) is 4.26. The van der Waals surface area contributed by atoms with Crippen LogP contribution in [0.2, 0.25) is 0 Å². The monoisotopic (exact) mass is 357 g/mol. The molecule has 0 aliphatic heterocycles. The molecule has 0 amide bonds. The normalized spacial score (nSPS) is 13.7. The molecule has 0 atom stereocenters. The van der Waals surface area contributed by atoms with Crippen LogP contribution in [0.15, 0.2) is 4.52 Å². The first-order chi connectivity index (χ1) is 9.37. The zero-order valence-corrected chi connectivity index (χ0v) is 18.3. The lowest BCUT2D eigenvalue weighted by Gasteiger charge is -2.43. The zero-order chi connectivity index (χ0) is 17.2. The van der Waals surface area contributed by atoms with Gasteiger partial charge in [0.2, 0.25) is 7.51 Å². The number of nitrogens with zero attached hydrogens (tertiary/aromatic N) is 7. The number of hydrogen-bond donors (Lipinski definition) is 0. The third-order valence-corrected chi connectivity index (χ3v) is 11.8. The summed E-state index contributed by atoms with van der Waals surface area (Å²) in [6, 6.07) is 0. The van der Waals surface area contributed by atoms with Gasteiger partial charge in [0.25, 0.3) is 0 Å². The maximum Gasteiger partial charge on any atom is 0.355 e. The largest absolute Gasteiger partial charge is 0.870 e. The van der Waals surface area contributed by atoms with Crippen molar-refractivity contribution in [2.45, 2.75) is 0 Å². The van der Waals surface area contributed by atoms with Crippen LogP contribution in [0.4, 0.5) is 0 Å². The summed E-state index contributed by atoms with van der Waals surface area (Å²) < 4.78 is 19.1. The van der Waals surface area contributed by atoms with Crippen molar-refractivity contribution in [3.05, 3.63) is 0 Å². The molecule has 10 heteroatoms. The van der Waals surface area contributed by atoms with E-state index in [-0.39, 0.29) is 5.48 Å². The molecule has 0 saturated heterocycles. The second kappa shape index (κ2) is 9.02. The average molecular weight is 357 g/mol. The molecule has 136 valence electrons. The molecule has 0 rings (SSSR count). The minimum atomic E-state index is -1.95. The molecule has 0 unspecified atom stereocenters. The Morgan fingerprint density at radius 3 is 0.909 bits per heavy atom. The summed E-state index contributed by atoms with van der Waals surface area (Å²) in [5.41, 5.74) is 0. The molecule has 22 heavy (non-hydrogen) atoms. The van der Waals surface area contributed by atoms with Crippen molar-refractivity contribution in [3.63, 3.8) is 0 Å². The fourth-order valence-corrected chi connectivity index (χ4v) is 12.2. The van der Waals surface area contributed by atoms with Crippen LogP contribution in [0, 0.1) is 0 Å². The van der Waals surface area contributed by atoms with E-state index in [1.165, 1.54) is 0 Å². The summed E-state index contributed by atoms with van der Waals surface area (Å²) in [5, 5.41) is 0. The van der Waals surface area contributed by atoms with Gasteiger partial charge in [-0.3, -0.25) is 0 Å². The lowest BCUT2D eigenvalue weighted by atomic mass is 11.2. The predicted molar refractivity (Wildman–Crippen MR) is 100 cm³/mol. The molecule has 0 aromatic rings. The van der Waals surface area contributed by atoms with Crippen molar-refractivity contribution in [2.75, 3.05) is 84.6 Å². The van der Waals surface area contributed by atoms with Crippen LogP contribution in [0.3, 0.4) is 0 Å². The van der Waals surface area contributed by atoms with Crippen LogP contribution in [0.1, 0.15) is 0 Å². The molecular weight excluding hydrogens is 320 g/mol. The molecule has 0 heterocycles. The molecule has 0 bridgehead atoms. The first kappa shape index (κ1) is 24.6. The van der Waals surface area contributed by atoms with Gasteiger partial charge >= 0.3 is 7.87 Å². The summed E-state index contributed by atoms with van der Waals surface area (Å²) in [5.74, 6) is 0. The van der Waals surface area contributed by atoms with Crippen molar-refractivity contribution < 1.29 is 5.48 Å². The van der Waals surface area contributed by atoms with E-state index in [4.69, 9.17) is 4.52 Å². The summed E-state index contributed by atoms with van der Waals surface area (Å²) in [4.78, 5) is 0. The summed E-state index contributed by atoms with van der Waals surface area (Å²) >= 11 is 0. The molecule has 0 aromatic carbocycles. The van der Waals surface area contributed by atoms with Crippen LogP contribution in [0.5, 0.6) is 0 Å². The first-order valence-corrected chi connectivity index (χ1v) is 10.2. The van der Waals surface area contributed by atoms with Crippen LogP contribution < -0.4 is 0 Å². The summed E-state index contributed by atoms with van der Waals surface area (Å²) in [6.07, 6.45) is 0. The van der Waals surface area contributed by atoms with Crippen molar-refractivity contribution in [3.8, 4) is 0 Å². The van der Waals surface area contributed by atoms with Crippen LogP contribution in [-0.2, 0) is 0 Å². The molecule has 0 radical (unpaired) electrons. The molecule has 8 nitrogen and oxygen atoms in total. The molecular formula is C12H37N7OP2. The number of hydrogen-bond acceptors (Lipinski definition) is 5. The highest BCUT2D eigenvalue weighted by Gasteiger charge is 2.52. The Morgan fingerprint density at radius 2 is 0.773 bits per heavy atom. The van der Waals surface area contributed by atoms with Crippen LogP contribution in [0.25, 0.3) is 0 Å². The topological polar surface area (TPSA) is 61.8 Å².